The van der Waals surface area contributed by atoms with E-state index in [-0.39, 0.29) is 155 Å². The molecule has 9 amide bonds. The first-order valence-corrected chi connectivity index (χ1v) is 39.1. The second kappa shape index (κ2) is 57.4. The van der Waals surface area contributed by atoms with Crippen LogP contribution in [0, 0.1) is 17.8 Å². The lowest BCUT2D eigenvalue weighted by Gasteiger charge is -2.37. The number of aromatic hydroxyl groups is 1. The number of carbonyl (C=O) groups excluding carboxylic acids is 10. The van der Waals surface area contributed by atoms with E-state index in [9.17, 15) is 63.0 Å². The highest BCUT2D eigenvalue weighted by atomic mass is 32.1. The average Bonchev–Trinajstić information content (AvgIpc) is 1.79. The summed E-state index contributed by atoms with van der Waals surface area (Å²) in [5.41, 5.74) is 0.490. The Kier molecular flexibility index (Phi) is 50.4. The number of ether oxygens (including phenoxy) is 11. The highest BCUT2D eigenvalue weighted by Gasteiger charge is 2.38. The van der Waals surface area contributed by atoms with Gasteiger partial charge in [-0.15, -0.1) is 11.3 Å². The van der Waals surface area contributed by atoms with Crippen molar-refractivity contribution in [1.29, 1.82) is 0 Å². The molecule has 0 fully saturated rings. The summed E-state index contributed by atoms with van der Waals surface area (Å²) in [5.74, 6) is -6.60. The van der Waals surface area contributed by atoms with Crippen molar-refractivity contribution < 1.29 is 115 Å². The number of aliphatic carboxylic acids is 1. The van der Waals surface area contributed by atoms with Gasteiger partial charge in [0.25, 0.3) is 17.7 Å². The number of methoxy groups -OCH3 is 1. The minimum atomic E-state index is -1.12. The minimum Gasteiger partial charge on any atom is -0.506 e. The summed E-state index contributed by atoms with van der Waals surface area (Å²) in [6.07, 6.45) is 2.75. The molecular weight excluding hydrogens is 1470 g/mol. The van der Waals surface area contributed by atoms with Crippen LogP contribution in [-0.4, -0.2) is 299 Å². The van der Waals surface area contributed by atoms with Crippen LogP contribution in [0.25, 0.3) is 0 Å². The number of imide groups is 1. The maximum absolute atomic E-state index is 14.4. The molecule has 34 nitrogen and oxygen atoms in total. The Morgan fingerprint density at radius 1 is 0.613 bits per heavy atom. The zero-order valence-electron chi connectivity index (χ0n) is 66.8. The van der Waals surface area contributed by atoms with Gasteiger partial charge in [-0.1, -0.05) is 54.0 Å². The predicted octanol–water partition coefficient (Wildman–Crippen LogP) is 3.76. The molecule has 1 aromatic heterocycles. The van der Waals surface area contributed by atoms with E-state index in [4.69, 9.17) is 52.1 Å². The number of anilines is 1. The Morgan fingerprint density at radius 3 is 1.67 bits per heavy atom. The summed E-state index contributed by atoms with van der Waals surface area (Å²) >= 11 is 1.07. The molecule has 628 valence electrons. The first-order chi connectivity index (χ1) is 53.2. The summed E-state index contributed by atoms with van der Waals surface area (Å²) in [6, 6.07) is 0.703. The number of carboxylic acids is 1. The molecule has 1 aliphatic rings. The van der Waals surface area contributed by atoms with Crippen LogP contribution in [-0.2, 0) is 106 Å². The number of aromatic nitrogens is 1. The average molecular weight is 1590 g/mol. The highest BCUT2D eigenvalue weighted by molar-refractivity contribution is 7.09. The highest BCUT2D eigenvalue weighted by Crippen LogP contribution is 2.32. The van der Waals surface area contributed by atoms with Gasteiger partial charge in [-0.05, 0) is 94.5 Å². The van der Waals surface area contributed by atoms with E-state index in [1.807, 2.05) is 60.5 Å². The third-order valence-corrected chi connectivity index (χ3v) is 18.5. The topological polar surface area (TPSA) is 425 Å². The van der Waals surface area contributed by atoms with Crippen LogP contribution in [0.2, 0.25) is 0 Å². The molecule has 0 aliphatic carbocycles. The van der Waals surface area contributed by atoms with Gasteiger partial charge in [-0.25, -0.2) is 4.98 Å². The molecular formula is C76H124N10O24S. The fourth-order valence-corrected chi connectivity index (χ4v) is 12.4. The van der Waals surface area contributed by atoms with E-state index in [0.717, 1.165) is 28.4 Å². The number of benzene rings is 1. The van der Waals surface area contributed by atoms with Crippen LogP contribution >= 0.6 is 11.3 Å². The number of rotatable bonds is 65. The zero-order valence-corrected chi connectivity index (χ0v) is 67.6. The Balaban J connectivity index is 1.46. The van der Waals surface area contributed by atoms with Crippen molar-refractivity contribution in [2.24, 2.45) is 17.8 Å². The minimum absolute atomic E-state index is 0.00116. The lowest BCUT2D eigenvalue weighted by atomic mass is 9.92. The molecule has 1 aromatic carbocycles. The number of phenolic OH excluding ortho intramolecular Hbond substituents is 1. The van der Waals surface area contributed by atoms with Gasteiger partial charge in [0.1, 0.15) is 35.1 Å². The van der Waals surface area contributed by atoms with Crippen molar-refractivity contribution in [3.05, 3.63) is 52.0 Å². The molecule has 0 bridgehead atoms. The van der Waals surface area contributed by atoms with Gasteiger partial charge in [0.15, 0.2) is 6.10 Å². The first-order valence-electron chi connectivity index (χ1n) is 38.2. The number of hydrogen-bond acceptors (Lipinski definition) is 26. The van der Waals surface area contributed by atoms with Crippen molar-refractivity contribution in [3.8, 4) is 5.75 Å². The standard InChI is InChI=1S/C76H124N10O24S/c1-12-54(6)70(83-74(98)71(53(4)5)84(8)9)76(99)85(10)61(52(2)3)49-63(110-55(7)87)75-82-60(51-111-75)73(97)79-57(21-25-69(94)95)47-56-20-22-62(88)59(48-56)81-64(89)18-15-27-78-72(96)58(80-65(90)19-16-28-86-67(92)23-24-68(86)93)17-13-14-26-77-66(91)50-109-46-45-108-44-43-107-42-41-106-40-39-105-38-37-104-36-35-103-34-33-102-32-31-101-30-29-100-11/h20,22-24,48,51-54,57-58,61,63,70-71,88H,12-19,21,25-47,49-50H2,1-11H3,(H,77,91)(H,78,96)(H,79,97)(H,80,90)(H,81,89)(H,83,98)(H,94,95)/t54-,57+,58-,61+,63+,70-,71-/m0/s1. The second-order valence-electron chi connectivity index (χ2n) is 27.5. The summed E-state index contributed by atoms with van der Waals surface area (Å²) in [6.45, 7) is 20.4. The van der Waals surface area contributed by atoms with Gasteiger partial charge < -0.3 is 99.1 Å². The van der Waals surface area contributed by atoms with Crippen molar-refractivity contribution in [2.75, 3.05) is 179 Å². The third kappa shape index (κ3) is 41.6. The number of esters is 1. The molecule has 111 heavy (non-hydrogen) atoms. The van der Waals surface area contributed by atoms with Crippen molar-refractivity contribution >= 4 is 82.1 Å². The molecule has 2 aromatic rings. The fraction of sp³-hybridized carbons (Fsp3) is 0.711. The molecule has 2 heterocycles. The van der Waals surface area contributed by atoms with E-state index in [1.165, 1.54) is 24.4 Å². The van der Waals surface area contributed by atoms with E-state index in [1.54, 1.807) is 25.1 Å². The summed E-state index contributed by atoms with van der Waals surface area (Å²) in [5, 5.41) is 39.1. The number of carbonyl (C=O) groups is 11. The molecule has 7 atom stereocenters. The van der Waals surface area contributed by atoms with E-state index in [2.05, 4.69) is 36.9 Å². The van der Waals surface area contributed by atoms with Gasteiger partial charge in [-0.3, -0.25) is 62.5 Å². The van der Waals surface area contributed by atoms with Gasteiger partial charge in [0.2, 0.25) is 35.4 Å². The van der Waals surface area contributed by atoms with Crippen LogP contribution in [0.3, 0.4) is 0 Å². The van der Waals surface area contributed by atoms with Crippen molar-refractivity contribution in [1.82, 2.24) is 46.3 Å². The maximum atomic E-state index is 14.4. The van der Waals surface area contributed by atoms with E-state index >= 15 is 0 Å². The Bertz CT molecular complexity index is 3120. The number of unbranched alkanes of at least 4 members (excludes halogenated alkanes) is 1. The lowest BCUT2D eigenvalue weighted by molar-refractivity contribution is -0.149. The van der Waals surface area contributed by atoms with Crippen LogP contribution in [0.5, 0.6) is 5.75 Å². The Labute approximate surface area is 656 Å². The van der Waals surface area contributed by atoms with Crippen LogP contribution < -0.4 is 31.9 Å². The number of likely N-dealkylation sites (N-methyl/N-ethyl adjacent to an activating group) is 2. The largest absolute Gasteiger partial charge is 0.506 e. The number of phenols is 1. The van der Waals surface area contributed by atoms with Gasteiger partial charge in [0.05, 0.1) is 131 Å². The zero-order chi connectivity index (χ0) is 81.9. The number of nitrogens with zero attached hydrogens (tertiary/aromatic N) is 4. The SMILES string of the molecule is CC[C@H](C)[C@H](NC(=O)[C@H](C(C)C)N(C)C)C(=O)N(C)[C@H](C[C@@H](OC(C)=O)c1nc(C(=O)N[C@H](CCC(=O)O)Cc2ccc(O)c(NC(=O)CCCNC(=O)[C@H](CCCCNC(=O)COCCOCCOCCOCCOCCOCCOCCOCCOCCOC)NC(=O)CCCN3C(=O)C=CC3=O)c2)cs1)C(C)C. The smallest absolute Gasteiger partial charge is 0.303 e. The molecule has 1 aliphatic heterocycles. The number of carboxylic acid groups (broad SMARTS) is 1. The summed E-state index contributed by atoms with van der Waals surface area (Å²) in [4.78, 5) is 152. The number of amides is 9. The Hall–Kier alpha value is -7.68. The van der Waals surface area contributed by atoms with Gasteiger partial charge >= 0.3 is 11.9 Å². The molecule has 0 spiro atoms. The molecule has 0 saturated heterocycles. The molecule has 0 radical (unpaired) electrons. The monoisotopic (exact) mass is 1590 g/mol. The van der Waals surface area contributed by atoms with E-state index in [0.29, 0.717) is 131 Å². The third-order valence-electron chi connectivity index (χ3n) is 17.6. The van der Waals surface area contributed by atoms with Crippen molar-refractivity contribution in [3.63, 3.8) is 0 Å². The molecule has 0 unspecified atom stereocenters. The second-order valence-corrected chi connectivity index (χ2v) is 28.4. The lowest BCUT2D eigenvalue weighted by Crippen LogP contribution is -2.58. The van der Waals surface area contributed by atoms with Gasteiger partial charge in [-0.2, -0.15) is 0 Å². The molecule has 3 rings (SSSR count). The molecule has 8 N–H and O–H groups in total. The van der Waals surface area contributed by atoms with Crippen molar-refractivity contribution in [2.45, 2.75) is 162 Å². The normalized spacial score (nSPS) is 14.1. The van der Waals surface area contributed by atoms with Gasteiger partial charge in [0, 0.05) is 96.0 Å². The Morgan fingerprint density at radius 2 is 1.15 bits per heavy atom. The maximum Gasteiger partial charge on any atom is 0.303 e. The molecule has 0 saturated carbocycles. The summed E-state index contributed by atoms with van der Waals surface area (Å²) < 4.78 is 59.9. The van der Waals surface area contributed by atoms with Crippen LogP contribution in [0.1, 0.15) is 146 Å². The van der Waals surface area contributed by atoms with Crippen LogP contribution in [0.4, 0.5) is 5.69 Å². The first kappa shape index (κ1) is 97.5. The van der Waals surface area contributed by atoms with Crippen LogP contribution in [0.15, 0.2) is 35.7 Å². The van der Waals surface area contributed by atoms with E-state index < -0.39 is 83.7 Å². The quantitative estimate of drug-likeness (QED) is 0.0202. The number of nitrogens with one attached hydrogen (secondary N) is 6. The predicted molar refractivity (Wildman–Crippen MR) is 410 cm³/mol. The number of hydrogen-bond donors (Lipinski definition) is 8. The molecule has 35 heteroatoms. The summed E-state index contributed by atoms with van der Waals surface area (Å²) in [7, 11) is 6.90. The fourth-order valence-electron chi connectivity index (χ4n) is 11.6. The number of thiazole rings is 1.